The Morgan fingerprint density at radius 1 is 1.32 bits per heavy atom. The lowest BCUT2D eigenvalue weighted by atomic mass is 9.90. The van der Waals surface area contributed by atoms with Crippen molar-refractivity contribution < 1.29 is 19.0 Å². The zero-order chi connectivity index (χ0) is 18.6. The third kappa shape index (κ3) is 5.88. The van der Waals surface area contributed by atoms with Crippen LogP contribution in [0.2, 0.25) is 0 Å². The van der Waals surface area contributed by atoms with Crippen LogP contribution in [-0.4, -0.2) is 40.8 Å². The number of halogens is 1. The maximum absolute atomic E-state index is 13.4. The minimum absolute atomic E-state index is 0.194. The molecular weight excluding hydrogens is 323 g/mol. The summed E-state index contributed by atoms with van der Waals surface area (Å²) >= 11 is 0. The molecule has 1 amide bonds. The second-order valence-electron chi connectivity index (χ2n) is 7.76. The van der Waals surface area contributed by atoms with Crippen molar-refractivity contribution in [2.75, 3.05) is 7.05 Å². The van der Waals surface area contributed by atoms with Crippen LogP contribution in [0.15, 0.2) is 18.2 Å². The zero-order valence-electron chi connectivity index (χ0n) is 15.5. The molecule has 1 aromatic carbocycles. The van der Waals surface area contributed by atoms with Crippen LogP contribution in [0.25, 0.3) is 0 Å². The lowest BCUT2D eigenvalue weighted by molar-refractivity contribution is 0.0179. The highest BCUT2D eigenvalue weighted by atomic mass is 19.1. The lowest BCUT2D eigenvalue weighted by Gasteiger charge is -2.35. The fourth-order valence-corrected chi connectivity index (χ4v) is 3.07. The zero-order valence-corrected chi connectivity index (χ0v) is 15.5. The number of amides is 1. The third-order valence-electron chi connectivity index (χ3n) is 4.53. The lowest BCUT2D eigenvalue weighted by Crippen LogP contribution is -2.44. The Balaban J connectivity index is 1.77. The molecule has 0 unspecified atom stereocenters. The summed E-state index contributed by atoms with van der Waals surface area (Å²) < 4.78 is 18.8. The van der Waals surface area contributed by atoms with Crippen molar-refractivity contribution in [1.82, 2.24) is 10.2 Å². The number of hydrogen-bond acceptors (Lipinski definition) is 4. The Bertz CT molecular complexity index is 593. The molecule has 1 saturated carbocycles. The number of rotatable bonds is 4. The molecule has 0 saturated heterocycles. The molecule has 0 bridgehead atoms. The van der Waals surface area contributed by atoms with Crippen molar-refractivity contribution >= 4 is 6.09 Å². The number of carbonyl (C=O) groups is 1. The maximum Gasteiger partial charge on any atom is 0.410 e. The molecule has 140 valence electrons. The van der Waals surface area contributed by atoms with Gasteiger partial charge in [0.05, 0.1) is 0 Å². The van der Waals surface area contributed by atoms with E-state index in [1.807, 2.05) is 20.8 Å². The summed E-state index contributed by atoms with van der Waals surface area (Å²) in [7, 11) is 1.80. The fraction of sp³-hybridized carbons (Fsp3) is 0.632. The number of carbonyl (C=O) groups excluding carboxylic acids is 1. The number of aromatic hydroxyl groups is 1. The smallest absolute Gasteiger partial charge is 0.410 e. The van der Waals surface area contributed by atoms with Gasteiger partial charge in [0.2, 0.25) is 0 Å². The molecule has 0 radical (unpaired) electrons. The van der Waals surface area contributed by atoms with E-state index in [2.05, 4.69) is 5.32 Å². The number of hydrogen-bond donors (Lipinski definition) is 2. The highest BCUT2D eigenvalue weighted by Gasteiger charge is 2.29. The van der Waals surface area contributed by atoms with Gasteiger partial charge in [-0.25, -0.2) is 9.18 Å². The minimum atomic E-state index is -0.595. The van der Waals surface area contributed by atoms with E-state index in [4.69, 9.17) is 4.74 Å². The number of nitrogens with one attached hydrogen (secondary N) is 1. The minimum Gasteiger partial charge on any atom is -0.505 e. The quantitative estimate of drug-likeness (QED) is 0.865. The van der Waals surface area contributed by atoms with Gasteiger partial charge in [0, 0.05) is 25.7 Å². The van der Waals surface area contributed by atoms with Crippen molar-refractivity contribution in [2.24, 2.45) is 0 Å². The van der Waals surface area contributed by atoms with Crippen molar-refractivity contribution in [3.63, 3.8) is 0 Å². The largest absolute Gasteiger partial charge is 0.505 e. The molecule has 0 aromatic heterocycles. The molecule has 0 atom stereocenters. The number of nitrogens with zero attached hydrogens (tertiary/aromatic N) is 1. The Labute approximate surface area is 149 Å². The Kier molecular flexibility index (Phi) is 6.27. The second-order valence-corrected chi connectivity index (χ2v) is 7.76. The normalized spacial score (nSPS) is 21.0. The molecule has 0 aliphatic heterocycles. The van der Waals surface area contributed by atoms with Gasteiger partial charge in [0.25, 0.3) is 0 Å². The third-order valence-corrected chi connectivity index (χ3v) is 4.53. The van der Waals surface area contributed by atoms with E-state index in [1.54, 1.807) is 18.0 Å². The molecule has 1 aliphatic carbocycles. The monoisotopic (exact) mass is 352 g/mol. The van der Waals surface area contributed by atoms with Gasteiger partial charge < -0.3 is 20.1 Å². The average Bonchev–Trinajstić information content (AvgIpc) is 2.54. The standard InChI is InChI=1S/C19H29FN2O3/c1-19(2,3)25-18(24)22(4)15-8-6-14(7-9-15)21-12-13-5-10-17(23)16(20)11-13/h5,10-11,14-15,21,23H,6-9,12H2,1-4H3. The number of ether oxygens (including phenoxy) is 1. The van der Waals surface area contributed by atoms with E-state index in [0.29, 0.717) is 12.6 Å². The van der Waals surface area contributed by atoms with Gasteiger partial charge in [0.1, 0.15) is 5.60 Å². The van der Waals surface area contributed by atoms with E-state index in [1.165, 1.54) is 12.1 Å². The summed E-state index contributed by atoms with van der Waals surface area (Å²) in [6, 6.07) is 4.98. The molecule has 0 spiro atoms. The summed E-state index contributed by atoms with van der Waals surface area (Å²) in [5.41, 5.74) is 0.326. The first-order valence-electron chi connectivity index (χ1n) is 8.82. The average molecular weight is 352 g/mol. The van der Waals surface area contributed by atoms with Crippen LogP contribution in [-0.2, 0) is 11.3 Å². The Hall–Kier alpha value is -1.82. The predicted molar refractivity (Wildman–Crippen MR) is 94.9 cm³/mol. The van der Waals surface area contributed by atoms with Gasteiger partial charge in [-0.15, -0.1) is 0 Å². The van der Waals surface area contributed by atoms with Crippen LogP contribution < -0.4 is 5.32 Å². The molecule has 2 N–H and O–H groups in total. The Morgan fingerprint density at radius 3 is 2.52 bits per heavy atom. The maximum atomic E-state index is 13.4. The van der Waals surface area contributed by atoms with Crippen LogP contribution in [0.1, 0.15) is 52.0 Å². The Morgan fingerprint density at radius 2 is 1.96 bits per heavy atom. The molecule has 5 nitrogen and oxygen atoms in total. The predicted octanol–water partition coefficient (Wildman–Crippen LogP) is 3.80. The van der Waals surface area contributed by atoms with Crippen molar-refractivity contribution in [1.29, 1.82) is 0 Å². The first-order chi connectivity index (χ1) is 11.7. The molecule has 2 rings (SSSR count). The van der Waals surface area contributed by atoms with E-state index >= 15 is 0 Å². The van der Waals surface area contributed by atoms with Gasteiger partial charge >= 0.3 is 6.09 Å². The molecule has 0 heterocycles. The summed E-state index contributed by atoms with van der Waals surface area (Å²) in [6.07, 6.45) is 3.47. The van der Waals surface area contributed by atoms with Gasteiger partial charge in [-0.05, 0) is 64.2 Å². The molecule has 1 fully saturated rings. The number of phenols is 1. The number of benzene rings is 1. The van der Waals surface area contributed by atoms with E-state index < -0.39 is 11.4 Å². The van der Waals surface area contributed by atoms with Gasteiger partial charge in [-0.1, -0.05) is 6.07 Å². The molecule has 6 heteroatoms. The van der Waals surface area contributed by atoms with Crippen molar-refractivity contribution in [3.8, 4) is 5.75 Å². The summed E-state index contributed by atoms with van der Waals surface area (Å²) in [4.78, 5) is 13.8. The summed E-state index contributed by atoms with van der Waals surface area (Å²) in [5.74, 6) is -0.920. The first kappa shape index (κ1) is 19.5. The van der Waals surface area contributed by atoms with E-state index in [9.17, 15) is 14.3 Å². The van der Waals surface area contributed by atoms with Gasteiger partial charge in [-0.2, -0.15) is 0 Å². The second kappa shape index (κ2) is 8.04. The SMILES string of the molecule is CN(C(=O)OC(C)(C)C)C1CCC(NCc2ccc(O)c(F)c2)CC1. The number of phenolic OH excluding ortho intramolecular Hbond substituents is 1. The van der Waals surface area contributed by atoms with Crippen LogP contribution in [0.4, 0.5) is 9.18 Å². The molecule has 25 heavy (non-hydrogen) atoms. The molecule has 1 aromatic rings. The van der Waals surface area contributed by atoms with E-state index in [-0.39, 0.29) is 17.9 Å². The van der Waals surface area contributed by atoms with Crippen LogP contribution in [0, 0.1) is 5.82 Å². The van der Waals surface area contributed by atoms with Gasteiger partial charge in [-0.3, -0.25) is 0 Å². The summed E-state index contributed by atoms with van der Waals surface area (Å²) in [6.45, 7) is 6.16. The van der Waals surface area contributed by atoms with Crippen LogP contribution >= 0.6 is 0 Å². The highest BCUT2D eigenvalue weighted by Crippen LogP contribution is 2.24. The molecular formula is C19H29FN2O3. The first-order valence-corrected chi connectivity index (χ1v) is 8.82. The summed E-state index contributed by atoms with van der Waals surface area (Å²) in [5, 5.41) is 12.6. The van der Waals surface area contributed by atoms with Gasteiger partial charge in [0.15, 0.2) is 11.6 Å². The van der Waals surface area contributed by atoms with Crippen molar-refractivity contribution in [3.05, 3.63) is 29.6 Å². The fourth-order valence-electron chi connectivity index (χ4n) is 3.07. The van der Waals surface area contributed by atoms with Crippen LogP contribution in [0.3, 0.4) is 0 Å². The van der Waals surface area contributed by atoms with E-state index in [0.717, 1.165) is 31.2 Å². The van der Waals surface area contributed by atoms with Crippen molar-refractivity contribution in [2.45, 2.75) is 70.7 Å². The molecule has 1 aliphatic rings. The van der Waals surface area contributed by atoms with Crippen LogP contribution in [0.5, 0.6) is 5.75 Å². The topological polar surface area (TPSA) is 61.8 Å². The highest BCUT2D eigenvalue weighted by molar-refractivity contribution is 5.68.